The first-order valence-corrected chi connectivity index (χ1v) is 7.52. The fourth-order valence-electron chi connectivity index (χ4n) is 2.77. The molecule has 2 aliphatic rings. The minimum Gasteiger partial charge on any atom is -0.497 e. The number of ketones is 1. The SMILES string of the molecule is COc1cc(OC)cc(C(=O)[C@@H]2O[C@@H]2c2ccc3c(c2)OCO3)c1. The van der Waals surface area contributed by atoms with E-state index in [4.69, 9.17) is 23.7 Å². The third kappa shape index (κ3) is 2.55. The van der Waals surface area contributed by atoms with Crippen LogP contribution in [0.1, 0.15) is 22.0 Å². The van der Waals surface area contributed by atoms with Crippen molar-refractivity contribution in [3.63, 3.8) is 0 Å². The molecule has 0 bridgehead atoms. The molecule has 0 unspecified atom stereocenters. The molecular formula is C18H16O6. The zero-order chi connectivity index (χ0) is 16.7. The molecule has 2 aliphatic heterocycles. The molecule has 24 heavy (non-hydrogen) atoms. The topological polar surface area (TPSA) is 66.5 Å². The van der Waals surface area contributed by atoms with Gasteiger partial charge in [-0.25, -0.2) is 0 Å². The van der Waals surface area contributed by atoms with Gasteiger partial charge in [0, 0.05) is 11.6 Å². The first kappa shape index (κ1) is 14.8. The molecule has 0 aliphatic carbocycles. The van der Waals surface area contributed by atoms with Crippen LogP contribution in [0, 0.1) is 0 Å². The van der Waals surface area contributed by atoms with Gasteiger partial charge in [0.05, 0.1) is 14.2 Å². The number of rotatable bonds is 5. The van der Waals surface area contributed by atoms with Gasteiger partial charge in [-0.3, -0.25) is 4.79 Å². The van der Waals surface area contributed by atoms with Crippen molar-refractivity contribution >= 4 is 5.78 Å². The third-order valence-electron chi connectivity index (χ3n) is 4.11. The monoisotopic (exact) mass is 328 g/mol. The van der Waals surface area contributed by atoms with Gasteiger partial charge in [0.1, 0.15) is 17.6 Å². The van der Waals surface area contributed by atoms with Crippen molar-refractivity contribution in [1.82, 2.24) is 0 Å². The van der Waals surface area contributed by atoms with Gasteiger partial charge >= 0.3 is 0 Å². The molecule has 1 saturated heterocycles. The summed E-state index contributed by atoms with van der Waals surface area (Å²) in [6.07, 6.45) is -0.786. The minimum absolute atomic E-state index is 0.102. The molecule has 0 spiro atoms. The van der Waals surface area contributed by atoms with Gasteiger partial charge in [-0.15, -0.1) is 0 Å². The number of carbonyl (C=O) groups is 1. The van der Waals surface area contributed by atoms with E-state index in [0.717, 1.165) is 5.56 Å². The average molecular weight is 328 g/mol. The van der Waals surface area contributed by atoms with Gasteiger partial charge in [-0.05, 0) is 29.8 Å². The summed E-state index contributed by atoms with van der Waals surface area (Å²) in [4.78, 5) is 12.7. The quantitative estimate of drug-likeness (QED) is 0.621. The Kier molecular flexibility index (Phi) is 3.54. The number of benzene rings is 2. The van der Waals surface area contributed by atoms with Gasteiger partial charge in [0.2, 0.25) is 6.79 Å². The Balaban J connectivity index is 1.55. The van der Waals surface area contributed by atoms with E-state index in [-0.39, 0.29) is 18.7 Å². The molecule has 2 atom stereocenters. The Morgan fingerprint density at radius 3 is 2.42 bits per heavy atom. The molecule has 0 radical (unpaired) electrons. The molecule has 4 rings (SSSR count). The van der Waals surface area contributed by atoms with Crippen LogP contribution in [-0.4, -0.2) is 32.9 Å². The van der Waals surface area contributed by atoms with E-state index in [1.807, 2.05) is 18.2 Å². The molecule has 2 heterocycles. The van der Waals surface area contributed by atoms with Crippen LogP contribution >= 0.6 is 0 Å². The van der Waals surface area contributed by atoms with Crippen LogP contribution in [-0.2, 0) is 4.74 Å². The van der Waals surface area contributed by atoms with Crippen LogP contribution in [0.4, 0.5) is 0 Å². The van der Waals surface area contributed by atoms with Crippen molar-refractivity contribution in [2.45, 2.75) is 12.2 Å². The molecule has 0 saturated carbocycles. The Hall–Kier alpha value is -2.73. The van der Waals surface area contributed by atoms with Crippen LogP contribution in [0.15, 0.2) is 36.4 Å². The maximum atomic E-state index is 12.7. The van der Waals surface area contributed by atoms with E-state index in [9.17, 15) is 4.79 Å². The number of ether oxygens (including phenoxy) is 5. The average Bonchev–Trinajstić information content (AvgIpc) is 3.29. The van der Waals surface area contributed by atoms with Crippen molar-refractivity contribution in [2.24, 2.45) is 0 Å². The van der Waals surface area contributed by atoms with E-state index in [2.05, 4.69) is 0 Å². The zero-order valence-corrected chi connectivity index (χ0v) is 13.3. The fraction of sp³-hybridized carbons (Fsp3) is 0.278. The predicted octanol–water partition coefficient (Wildman–Crippen LogP) is 2.76. The summed E-state index contributed by atoms with van der Waals surface area (Å²) in [7, 11) is 3.10. The summed E-state index contributed by atoms with van der Waals surface area (Å²) in [5, 5.41) is 0. The van der Waals surface area contributed by atoms with E-state index in [1.54, 1.807) is 32.4 Å². The van der Waals surface area contributed by atoms with Crippen LogP contribution in [0.5, 0.6) is 23.0 Å². The summed E-state index contributed by atoms with van der Waals surface area (Å²) in [5.74, 6) is 2.42. The molecular weight excluding hydrogens is 312 g/mol. The molecule has 124 valence electrons. The lowest BCUT2D eigenvalue weighted by molar-refractivity contribution is 0.0953. The Morgan fingerprint density at radius 2 is 1.71 bits per heavy atom. The summed E-state index contributed by atoms with van der Waals surface area (Å²) in [5.41, 5.74) is 1.40. The van der Waals surface area contributed by atoms with Gasteiger partial charge < -0.3 is 23.7 Å². The Labute approximate surface area is 138 Å². The van der Waals surface area contributed by atoms with Crippen molar-refractivity contribution in [2.75, 3.05) is 21.0 Å². The predicted molar refractivity (Wildman–Crippen MR) is 84.1 cm³/mol. The molecule has 0 N–H and O–H groups in total. The molecule has 0 aromatic heterocycles. The molecule has 2 aromatic carbocycles. The van der Waals surface area contributed by atoms with Gasteiger partial charge in [-0.2, -0.15) is 0 Å². The second kappa shape index (κ2) is 5.72. The normalized spacial score (nSPS) is 20.6. The first-order chi connectivity index (χ1) is 11.7. The van der Waals surface area contributed by atoms with Crippen molar-refractivity contribution in [3.05, 3.63) is 47.5 Å². The maximum absolute atomic E-state index is 12.7. The number of hydrogen-bond donors (Lipinski definition) is 0. The highest BCUT2D eigenvalue weighted by molar-refractivity contribution is 6.02. The standard InChI is InChI=1S/C18H16O6/c1-20-12-5-11(6-13(8-12)21-2)16(19)18-17(24-18)10-3-4-14-15(7-10)23-9-22-14/h3-8,17-18H,9H2,1-2H3/t17-,18+/m1/s1. The molecule has 0 amide bonds. The second-order valence-electron chi connectivity index (χ2n) is 5.56. The molecule has 1 fully saturated rings. The van der Waals surface area contributed by atoms with Gasteiger partial charge in [-0.1, -0.05) is 6.07 Å². The largest absolute Gasteiger partial charge is 0.497 e. The first-order valence-electron chi connectivity index (χ1n) is 7.52. The third-order valence-corrected chi connectivity index (χ3v) is 4.11. The number of methoxy groups -OCH3 is 2. The van der Waals surface area contributed by atoms with Crippen LogP contribution in [0.25, 0.3) is 0 Å². The lowest BCUT2D eigenvalue weighted by Gasteiger charge is -2.07. The van der Waals surface area contributed by atoms with E-state index in [1.165, 1.54) is 0 Å². The lowest BCUT2D eigenvalue weighted by Crippen LogP contribution is -2.09. The van der Waals surface area contributed by atoms with Gasteiger partial charge in [0.25, 0.3) is 0 Å². The second-order valence-corrected chi connectivity index (χ2v) is 5.56. The van der Waals surface area contributed by atoms with Crippen molar-refractivity contribution in [1.29, 1.82) is 0 Å². The van der Waals surface area contributed by atoms with Crippen LogP contribution in [0.3, 0.4) is 0 Å². The van der Waals surface area contributed by atoms with Gasteiger partial charge in [0.15, 0.2) is 23.4 Å². The van der Waals surface area contributed by atoms with E-state index < -0.39 is 6.10 Å². The van der Waals surface area contributed by atoms with Crippen molar-refractivity contribution < 1.29 is 28.5 Å². The number of Topliss-reactive ketones (excluding diaryl/α,β-unsaturated/α-hetero) is 1. The lowest BCUT2D eigenvalue weighted by atomic mass is 10.0. The minimum atomic E-state index is -0.512. The number of hydrogen-bond acceptors (Lipinski definition) is 6. The Bertz CT molecular complexity index is 778. The smallest absolute Gasteiger partial charge is 0.231 e. The highest BCUT2D eigenvalue weighted by Crippen LogP contribution is 2.44. The van der Waals surface area contributed by atoms with E-state index >= 15 is 0 Å². The summed E-state index contributed by atoms with van der Waals surface area (Å²) >= 11 is 0. The highest BCUT2D eigenvalue weighted by Gasteiger charge is 2.46. The number of fused-ring (bicyclic) bond motifs is 1. The molecule has 6 heteroatoms. The molecule has 2 aromatic rings. The summed E-state index contributed by atoms with van der Waals surface area (Å²) in [6, 6.07) is 10.7. The summed E-state index contributed by atoms with van der Waals surface area (Å²) in [6.45, 7) is 0.219. The summed E-state index contributed by atoms with van der Waals surface area (Å²) < 4.78 is 26.7. The van der Waals surface area contributed by atoms with Crippen molar-refractivity contribution in [3.8, 4) is 23.0 Å². The molecule has 6 nitrogen and oxygen atoms in total. The number of epoxide rings is 1. The van der Waals surface area contributed by atoms with Crippen LogP contribution in [0.2, 0.25) is 0 Å². The maximum Gasteiger partial charge on any atom is 0.231 e. The zero-order valence-electron chi connectivity index (χ0n) is 13.3. The number of carbonyl (C=O) groups excluding carboxylic acids is 1. The van der Waals surface area contributed by atoms with Crippen LogP contribution < -0.4 is 18.9 Å². The van der Waals surface area contributed by atoms with E-state index in [0.29, 0.717) is 28.6 Å². The Morgan fingerprint density at radius 1 is 1.00 bits per heavy atom. The highest BCUT2D eigenvalue weighted by atomic mass is 16.7. The fourth-order valence-corrected chi connectivity index (χ4v) is 2.77.